The SMILES string of the molecule is CC(C)c1ccc2c(c1)N(c1ccc(C(C)(C)C)cc1-c1ccccc1)c1cc(N3c4ccc(-c5ccccc5)cc4C4(C)CCCCC34C)cc3c1B2c1cc2c(cc1N3c1ccc(C(C)(C)C)cc1-c1ccccc1)C(C)(C)CC2(C)C. The normalized spacial score (nSPS) is 19.8. The number of benzene rings is 9. The number of fused-ring (bicyclic) bond motifs is 8. The lowest BCUT2D eigenvalue weighted by atomic mass is 9.33. The fraction of sp³-hybridized carbons (Fsp3) is 0.325. The van der Waals surface area contributed by atoms with E-state index in [4.69, 9.17) is 0 Å². The van der Waals surface area contributed by atoms with Gasteiger partial charge in [-0.3, -0.25) is 0 Å². The van der Waals surface area contributed by atoms with Crippen LogP contribution in [0.5, 0.6) is 0 Å². The largest absolute Gasteiger partial charge is 0.334 e. The quantitative estimate of drug-likeness (QED) is 0.147. The van der Waals surface area contributed by atoms with E-state index >= 15 is 0 Å². The first kappa shape index (κ1) is 54.4. The molecule has 2 atom stereocenters. The summed E-state index contributed by atoms with van der Waals surface area (Å²) in [5, 5.41) is 0. The van der Waals surface area contributed by atoms with Gasteiger partial charge >= 0.3 is 0 Å². The van der Waals surface area contributed by atoms with Crippen molar-refractivity contribution >= 4 is 68.6 Å². The highest BCUT2D eigenvalue weighted by atomic mass is 15.3. The smallest absolute Gasteiger partial charge is 0.252 e. The molecule has 2 aliphatic carbocycles. The van der Waals surface area contributed by atoms with E-state index in [9.17, 15) is 0 Å². The molecule has 5 aliphatic rings. The molecule has 2 unspecified atom stereocenters. The molecular weight excluding hydrogens is 1010 g/mol. The highest BCUT2D eigenvalue weighted by Gasteiger charge is 2.58. The van der Waals surface area contributed by atoms with Crippen LogP contribution in [0.4, 0.5) is 45.5 Å². The second-order valence-corrected chi connectivity index (χ2v) is 29.8. The summed E-state index contributed by atoms with van der Waals surface area (Å²) in [6.07, 6.45) is 5.74. The molecule has 9 aromatic rings. The summed E-state index contributed by atoms with van der Waals surface area (Å²) in [4.78, 5) is 8.34. The van der Waals surface area contributed by atoms with Crippen LogP contribution in [-0.2, 0) is 27.1 Å². The van der Waals surface area contributed by atoms with Crippen LogP contribution in [-0.4, -0.2) is 12.3 Å². The van der Waals surface area contributed by atoms with E-state index in [1.54, 1.807) is 0 Å². The molecule has 0 bridgehead atoms. The molecule has 1 saturated carbocycles. The Hall–Kier alpha value is -7.56. The summed E-state index contributed by atoms with van der Waals surface area (Å²) in [6.45, 7) is 34.0. The first-order valence-corrected chi connectivity index (χ1v) is 31.5. The number of hydrogen-bond donors (Lipinski definition) is 0. The minimum Gasteiger partial charge on any atom is -0.334 e. The molecule has 0 radical (unpaired) electrons. The van der Waals surface area contributed by atoms with Gasteiger partial charge in [-0.1, -0.05) is 230 Å². The minimum absolute atomic E-state index is 0.00869. The van der Waals surface area contributed by atoms with Crippen LogP contribution in [0.1, 0.15) is 168 Å². The Morgan fingerprint density at radius 2 is 0.917 bits per heavy atom. The summed E-state index contributed by atoms with van der Waals surface area (Å²) in [5.74, 6) is 0.330. The van der Waals surface area contributed by atoms with E-state index in [1.165, 1.54) is 141 Å². The maximum Gasteiger partial charge on any atom is 0.252 e. The Morgan fingerprint density at radius 1 is 0.417 bits per heavy atom. The summed E-state index contributed by atoms with van der Waals surface area (Å²) >= 11 is 0. The van der Waals surface area contributed by atoms with Crippen molar-refractivity contribution in [1.29, 1.82) is 0 Å². The van der Waals surface area contributed by atoms with Crippen molar-refractivity contribution in [2.45, 2.75) is 168 Å². The Balaban J connectivity index is 1.16. The first-order chi connectivity index (χ1) is 40.0. The minimum atomic E-state index is -0.216. The molecular formula is C80H84BN3. The summed E-state index contributed by atoms with van der Waals surface area (Å²) in [5.41, 5.74) is 29.6. The van der Waals surface area contributed by atoms with Crippen LogP contribution < -0.4 is 31.1 Å². The molecule has 422 valence electrons. The van der Waals surface area contributed by atoms with Crippen LogP contribution in [0, 0.1) is 0 Å². The van der Waals surface area contributed by atoms with Gasteiger partial charge in [0.05, 0.1) is 16.9 Å². The molecule has 3 aliphatic heterocycles. The van der Waals surface area contributed by atoms with Crippen molar-refractivity contribution in [3.8, 4) is 33.4 Å². The van der Waals surface area contributed by atoms with Gasteiger partial charge in [0.15, 0.2) is 0 Å². The Labute approximate surface area is 502 Å². The van der Waals surface area contributed by atoms with Crippen LogP contribution in [0.15, 0.2) is 188 Å². The van der Waals surface area contributed by atoms with Gasteiger partial charge in [0.1, 0.15) is 0 Å². The van der Waals surface area contributed by atoms with E-state index in [-0.39, 0.29) is 39.3 Å². The maximum absolute atomic E-state index is 2.85. The molecule has 3 heterocycles. The maximum atomic E-state index is 2.85. The summed E-state index contributed by atoms with van der Waals surface area (Å²) in [6, 6.07) is 74.0. The van der Waals surface area contributed by atoms with Crippen molar-refractivity contribution < 1.29 is 0 Å². The van der Waals surface area contributed by atoms with Gasteiger partial charge in [0.25, 0.3) is 6.71 Å². The lowest BCUT2D eigenvalue weighted by molar-refractivity contribution is 0.195. The van der Waals surface area contributed by atoms with Crippen LogP contribution >= 0.6 is 0 Å². The Kier molecular flexibility index (Phi) is 12.3. The summed E-state index contributed by atoms with van der Waals surface area (Å²) < 4.78 is 0. The molecule has 4 heteroatoms. The molecule has 9 aromatic carbocycles. The topological polar surface area (TPSA) is 9.72 Å². The Morgan fingerprint density at radius 3 is 1.45 bits per heavy atom. The fourth-order valence-corrected chi connectivity index (χ4v) is 16.5. The van der Waals surface area contributed by atoms with Crippen LogP contribution in [0.2, 0.25) is 0 Å². The van der Waals surface area contributed by atoms with Gasteiger partial charge in [0, 0.05) is 50.7 Å². The number of hydrogen-bond acceptors (Lipinski definition) is 3. The molecule has 0 spiro atoms. The zero-order chi connectivity index (χ0) is 58.6. The molecule has 84 heavy (non-hydrogen) atoms. The van der Waals surface area contributed by atoms with Gasteiger partial charge in [-0.2, -0.15) is 0 Å². The number of anilines is 8. The Bertz CT molecular complexity index is 4100. The lowest BCUT2D eigenvalue weighted by Gasteiger charge is -2.51. The van der Waals surface area contributed by atoms with Gasteiger partial charge < -0.3 is 14.7 Å². The molecule has 0 amide bonds. The van der Waals surface area contributed by atoms with Crippen molar-refractivity contribution in [1.82, 2.24) is 0 Å². The van der Waals surface area contributed by atoms with Gasteiger partial charge in [-0.05, 0) is 186 Å². The predicted molar refractivity (Wildman–Crippen MR) is 362 cm³/mol. The molecule has 3 nitrogen and oxygen atoms in total. The third-order valence-electron chi connectivity index (χ3n) is 21.1. The third kappa shape index (κ3) is 8.26. The average molecular weight is 1100 g/mol. The highest BCUT2D eigenvalue weighted by Crippen LogP contribution is 2.63. The average Bonchev–Trinajstić information content (AvgIpc) is 1.22. The lowest BCUT2D eigenvalue weighted by Crippen LogP contribution is -2.62. The van der Waals surface area contributed by atoms with Crippen molar-refractivity contribution in [3.63, 3.8) is 0 Å². The van der Waals surface area contributed by atoms with Gasteiger partial charge in [0.2, 0.25) is 0 Å². The van der Waals surface area contributed by atoms with E-state index in [0.29, 0.717) is 5.92 Å². The highest BCUT2D eigenvalue weighted by molar-refractivity contribution is 7.00. The van der Waals surface area contributed by atoms with Crippen LogP contribution in [0.25, 0.3) is 33.4 Å². The third-order valence-corrected chi connectivity index (χ3v) is 21.1. The molecule has 1 fully saturated rings. The summed E-state index contributed by atoms with van der Waals surface area (Å²) in [7, 11) is 0. The first-order valence-electron chi connectivity index (χ1n) is 31.5. The van der Waals surface area contributed by atoms with Crippen molar-refractivity contribution in [2.75, 3.05) is 14.7 Å². The molecule has 0 aromatic heterocycles. The standard InChI is InChI=1S/C80H84BN3/c1-51(2)55-32-36-65-70(43-55)82(67-38-34-57(75(3,4)5)44-60(67)53-28-20-16-21-29-53)72-46-59(84-69-37-33-56(52-26-18-15-19-27-52)42-64(69)79(13)40-24-25-41-80(79,84)14)47-73-74(72)81(65)66-48-62-63(78(11,12)50-77(62,9)10)49-71(66)83(73)68-39-35-58(76(6,7)8)45-61(68)54-30-22-17-23-31-54/h15-23,26-39,42-49,51H,24-25,40-41,50H2,1-14H3. The monoisotopic (exact) mass is 1100 g/mol. The second kappa shape index (κ2) is 19.0. The second-order valence-electron chi connectivity index (χ2n) is 29.8. The van der Waals surface area contributed by atoms with Gasteiger partial charge in [-0.25, -0.2) is 0 Å². The molecule has 0 N–H and O–H groups in total. The zero-order valence-corrected chi connectivity index (χ0v) is 52.4. The van der Waals surface area contributed by atoms with Crippen LogP contribution in [0.3, 0.4) is 0 Å². The van der Waals surface area contributed by atoms with E-state index in [1.807, 2.05) is 0 Å². The predicted octanol–water partition coefficient (Wildman–Crippen LogP) is 20.2. The van der Waals surface area contributed by atoms with E-state index < -0.39 is 0 Å². The van der Waals surface area contributed by atoms with E-state index in [2.05, 4.69) is 300 Å². The van der Waals surface area contributed by atoms with Crippen molar-refractivity contribution in [2.24, 2.45) is 0 Å². The zero-order valence-electron chi connectivity index (χ0n) is 52.4. The number of nitrogens with zero attached hydrogens (tertiary/aromatic N) is 3. The molecule has 14 rings (SSSR count). The molecule has 0 saturated heterocycles. The van der Waals surface area contributed by atoms with Gasteiger partial charge in [-0.15, -0.1) is 0 Å². The number of rotatable bonds is 7. The van der Waals surface area contributed by atoms with E-state index in [0.717, 1.165) is 19.3 Å². The fourth-order valence-electron chi connectivity index (χ4n) is 16.5. The van der Waals surface area contributed by atoms with Crippen molar-refractivity contribution in [3.05, 3.63) is 221 Å².